The molecule has 0 fully saturated rings. The van der Waals surface area contributed by atoms with E-state index in [0.29, 0.717) is 0 Å². The van der Waals surface area contributed by atoms with E-state index in [-0.39, 0.29) is 12.0 Å². The first-order chi connectivity index (χ1) is 7.95. The van der Waals surface area contributed by atoms with Crippen LogP contribution in [-0.4, -0.2) is 24.2 Å². The highest BCUT2D eigenvalue weighted by Crippen LogP contribution is 2.14. The van der Waals surface area contributed by atoms with E-state index in [1.807, 2.05) is 0 Å². The number of esters is 1. The first-order valence-electron chi connectivity index (χ1n) is 4.70. The van der Waals surface area contributed by atoms with Gasteiger partial charge in [0.1, 0.15) is 0 Å². The van der Waals surface area contributed by atoms with Crippen LogP contribution in [0.25, 0.3) is 0 Å². The molecule has 4 nitrogen and oxygen atoms in total. The van der Waals surface area contributed by atoms with E-state index in [2.05, 4.69) is 4.74 Å². The third kappa shape index (κ3) is 3.24. The average Bonchev–Trinajstić information content (AvgIpc) is 2.29. The molecule has 1 N–H and O–H groups in total. The summed E-state index contributed by atoms with van der Waals surface area (Å²) >= 11 is 0. The normalized spacial score (nSPS) is 11.9. The van der Waals surface area contributed by atoms with Gasteiger partial charge in [0.05, 0.1) is 7.11 Å². The zero-order valence-corrected chi connectivity index (χ0v) is 8.94. The van der Waals surface area contributed by atoms with Crippen molar-refractivity contribution in [1.82, 2.24) is 0 Å². The van der Waals surface area contributed by atoms with E-state index in [1.165, 1.54) is 6.07 Å². The second kappa shape index (κ2) is 5.38. The number of rotatable bonds is 4. The van der Waals surface area contributed by atoms with Gasteiger partial charge in [-0.25, -0.2) is 8.78 Å². The number of carbonyl (C=O) groups excluding carboxylic acids is 1. The number of methoxy groups -OCH3 is 1. The Morgan fingerprint density at radius 2 is 2.00 bits per heavy atom. The average molecular weight is 244 g/mol. The molecule has 92 valence electrons. The predicted molar refractivity (Wildman–Crippen MR) is 53.2 cm³/mol. The molecule has 0 aliphatic rings. The lowest BCUT2D eigenvalue weighted by Gasteiger charge is -2.10. The summed E-state index contributed by atoms with van der Waals surface area (Å²) in [5.74, 6) is -5.84. The van der Waals surface area contributed by atoms with Crippen LogP contribution in [0.15, 0.2) is 18.2 Å². The molecule has 1 aromatic rings. The van der Waals surface area contributed by atoms with E-state index in [9.17, 15) is 18.4 Å². The lowest BCUT2D eigenvalue weighted by molar-refractivity contribution is -0.156. The molecular weight excluding hydrogens is 234 g/mol. The molecule has 0 spiro atoms. The topological polar surface area (TPSA) is 63.6 Å². The highest BCUT2D eigenvalue weighted by molar-refractivity contribution is 5.94. The molecule has 0 aliphatic carbocycles. The van der Waals surface area contributed by atoms with Crippen molar-refractivity contribution in [3.8, 4) is 0 Å². The minimum absolute atomic E-state index is 0.210. The van der Waals surface area contributed by atoms with Gasteiger partial charge in [0.15, 0.2) is 17.6 Å². The molecule has 1 atom stereocenters. The molecule has 1 aromatic carbocycles. The van der Waals surface area contributed by atoms with Crippen molar-refractivity contribution in [2.45, 2.75) is 6.42 Å². The second-order valence-electron chi connectivity index (χ2n) is 3.37. The highest BCUT2D eigenvalue weighted by atomic mass is 19.2. The fourth-order valence-corrected chi connectivity index (χ4v) is 1.32. The molecule has 0 aliphatic heterocycles. The first kappa shape index (κ1) is 13.1. The number of carboxylic acid groups (broad SMARTS) is 1. The minimum Gasteiger partial charge on any atom is -0.481 e. The quantitative estimate of drug-likeness (QED) is 0.642. The van der Waals surface area contributed by atoms with E-state index >= 15 is 0 Å². The molecule has 1 unspecified atom stereocenters. The Balaban J connectivity index is 2.90. The van der Waals surface area contributed by atoms with Crippen LogP contribution in [0.3, 0.4) is 0 Å². The largest absolute Gasteiger partial charge is 0.481 e. The summed E-state index contributed by atoms with van der Waals surface area (Å²) in [6.07, 6.45) is -0.251. The number of halogens is 2. The lowest BCUT2D eigenvalue weighted by Crippen LogP contribution is -2.27. The van der Waals surface area contributed by atoms with Crippen LogP contribution in [0.5, 0.6) is 0 Å². The van der Waals surface area contributed by atoms with Gasteiger partial charge >= 0.3 is 11.9 Å². The monoisotopic (exact) mass is 244 g/mol. The lowest BCUT2D eigenvalue weighted by atomic mass is 9.99. The van der Waals surface area contributed by atoms with Crippen LogP contribution in [-0.2, 0) is 20.7 Å². The molecule has 0 amide bonds. The summed E-state index contributed by atoms with van der Waals surface area (Å²) in [5, 5.41) is 8.79. The first-order valence-corrected chi connectivity index (χ1v) is 4.70. The number of aliphatic carboxylic acids is 1. The summed E-state index contributed by atoms with van der Waals surface area (Å²) in [4.78, 5) is 21.9. The van der Waals surface area contributed by atoms with Gasteiger partial charge in [0, 0.05) is 0 Å². The Bertz CT molecular complexity index is 445. The van der Waals surface area contributed by atoms with Crippen LogP contribution < -0.4 is 0 Å². The summed E-state index contributed by atoms with van der Waals surface area (Å²) in [6, 6.07) is 2.95. The fraction of sp³-hybridized carbons (Fsp3) is 0.273. The predicted octanol–water partition coefficient (Wildman–Crippen LogP) is 1.38. The Kier molecular flexibility index (Phi) is 4.14. The van der Waals surface area contributed by atoms with Crippen molar-refractivity contribution >= 4 is 11.9 Å². The van der Waals surface area contributed by atoms with Gasteiger partial charge in [-0.3, -0.25) is 9.59 Å². The molecule has 0 radical (unpaired) electrons. The summed E-state index contributed by atoms with van der Waals surface area (Å²) in [5.41, 5.74) is 0.210. The van der Waals surface area contributed by atoms with Gasteiger partial charge in [-0.15, -0.1) is 0 Å². The molecule has 0 aromatic heterocycles. The fourth-order valence-electron chi connectivity index (χ4n) is 1.32. The summed E-state index contributed by atoms with van der Waals surface area (Å²) in [7, 11) is 1.06. The van der Waals surface area contributed by atoms with E-state index in [1.54, 1.807) is 0 Å². The molecule has 1 rings (SSSR count). The SMILES string of the molecule is COC(=O)C(Cc1ccc(F)c(F)c1)C(=O)O. The molecule has 0 bridgehead atoms. The van der Waals surface area contributed by atoms with Crippen LogP contribution in [0, 0.1) is 17.6 Å². The highest BCUT2D eigenvalue weighted by Gasteiger charge is 2.27. The Labute approximate surface area is 95.8 Å². The van der Waals surface area contributed by atoms with Gasteiger partial charge < -0.3 is 9.84 Å². The van der Waals surface area contributed by atoms with Crippen molar-refractivity contribution in [3.63, 3.8) is 0 Å². The van der Waals surface area contributed by atoms with Gasteiger partial charge in [-0.1, -0.05) is 6.07 Å². The number of carbonyl (C=O) groups is 2. The molecule has 0 saturated carbocycles. The van der Waals surface area contributed by atoms with Gasteiger partial charge in [0.25, 0.3) is 0 Å². The Hall–Kier alpha value is -1.98. The number of benzene rings is 1. The molecule has 17 heavy (non-hydrogen) atoms. The maximum Gasteiger partial charge on any atom is 0.320 e. The maximum atomic E-state index is 12.9. The minimum atomic E-state index is -1.43. The second-order valence-corrected chi connectivity index (χ2v) is 3.37. The van der Waals surface area contributed by atoms with E-state index in [0.717, 1.165) is 19.2 Å². The molecule has 6 heteroatoms. The zero-order valence-electron chi connectivity index (χ0n) is 8.94. The Morgan fingerprint density at radius 1 is 1.35 bits per heavy atom. The van der Waals surface area contributed by atoms with Crippen molar-refractivity contribution in [2.24, 2.45) is 5.92 Å². The van der Waals surface area contributed by atoms with E-state index < -0.39 is 29.5 Å². The molecular formula is C11H10F2O4. The Morgan fingerprint density at radius 3 is 2.47 bits per heavy atom. The summed E-state index contributed by atoms with van der Waals surface area (Å²) in [6.45, 7) is 0. The third-order valence-electron chi connectivity index (χ3n) is 2.21. The van der Waals surface area contributed by atoms with Crippen molar-refractivity contribution in [1.29, 1.82) is 0 Å². The van der Waals surface area contributed by atoms with Crippen LogP contribution in [0.2, 0.25) is 0 Å². The van der Waals surface area contributed by atoms with Gasteiger partial charge in [-0.2, -0.15) is 0 Å². The smallest absolute Gasteiger partial charge is 0.320 e. The van der Waals surface area contributed by atoms with Crippen LogP contribution in [0.4, 0.5) is 8.78 Å². The molecule has 0 saturated heterocycles. The van der Waals surface area contributed by atoms with Crippen molar-refractivity contribution in [2.75, 3.05) is 7.11 Å². The standard InChI is InChI=1S/C11H10F2O4/c1-17-11(16)7(10(14)15)4-6-2-3-8(12)9(13)5-6/h2-3,5,7H,4H2,1H3,(H,14,15). The number of carboxylic acids is 1. The molecule has 0 heterocycles. The number of ether oxygens (including phenoxy) is 1. The summed E-state index contributed by atoms with van der Waals surface area (Å²) < 4.78 is 29.8. The van der Waals surface area contributed by atoms with Crippen molar-refractivity contribution in [3.05, 3.63) is 35.4 Å². The van der Waals surface area contributed by atoms with E-state index in [4.69, 9.17) is 5.11 Å². The maximum absolute atomic E-state index is 12.9. The van der Waals surface area contributed by atoms with Crippen molar-refractivity contribution < 1.29 is 28.2 Å². The van der Waals surface area contributed by atoms with Crippen LogP contribution in [0.1, 0.15) is 5.56 Å². The van der Waals surface area contributed by atoms with Gasteiger partial charge in [0.2, 0.25) is 0 Å². The zero-order chi connectivity index (χ0) is 13.0. The van der Waals surface area contributed by atoms with Crippen LogP contribution >= 0.6 is 0 Å². The number of hydrogen-bond acceptors (Lipinski definition) is 3. The number of hydrogen-bond donors (Lipinski definition) is 1. The third-order valence-corrected chi connectivity index (χ3v) is 2.21. The van der Waals surface area contributed by atoms with Gasteiger partial charge in [-0.05, 0) is 24.1 Å².